The molecule has 0 heterocycles. The minimum atomic E-state index is -5.99. The number of urea groups is 1. The summed E-state index contributed by atoms with van der Waals surface area (Å²) in [5, 5.41) is -1.17. The van der Waals surface area contributed by atoms with E-state index in [2.05, 4.69) is 0 Å². The largest absolute Gasteiger partial charge is 0.422 e. The van der Waals surface area contributed by atoms with Gasteiger partial charge >= 0.3 is 18.4 Å². The first-order chi connectivity index (χ1) is 11.7. The van der Waals surface area contributed by atoms with Crippen molar-refractivity contribution < 1.29 is 35.9 Å². The summed E-state index contributed by atoms with van der Waals surface area (Å²) < 4.78 is 79.8. The van der Waals surface area contributed by atoms with Gasteiger partial charge in [-0.3, -0.25) is 10.2 Å². The Bertz CT molecular complexity index is 694. The van der Waals surface area contributed by atoms with Crippen LogP contribution in [0.3, 0.4) is 0 Å². The number of benzene rings is 1. The molecule has 146 valence electrons. The van der Waals surface area contributed by atoms with Gasteiger partial charge < -0.3 is 5.73 Å². The number of halogens is 8. The van der Waals surface area contributed by atoms with E-state index in [-0.39, 0.29) is 10.0 Å². The van der Waals surface area contributed by atoms with E-state index in [9.17, 15) is 35.9 Å². The predicted octanol–water partition coefficient (Wildman–Crippen LogP) is 4.29. The molecule has 0 bridgehead atoms. The molecule has 0 aliphatic carbocycles. The molecule has 0 saturated carbocycles. The van der Waals surface area contributed by atoms with Gasteiger partial charge in [0.15, 0.2) is 0 Å². The molecule has 1 aromatic carbocycles. The smallest absolute Gasteiger partial charge is 0.350 e. The number of hydrazine groups is 1. The van der Waals surface area contributed by atoms with Crippen LogP contribution in [0.25, 0.3) is 0 Å². The number of rotatable bonds is 3. The molecule has 0 saturated heterocycles. The van der Waals surface area contributed by atoms with E-state index in [0.717, 1.165) is 18.2 Å². The molecule has 1 rings (SSSR count). The summed E-state index contributed by atoms with van der Waals surface area (Å²) in [6.07, 6.45) is -13.6. The topological polar surface area (TPSA) is 75.4 Å². The van der Waals surface area contributed by atoms with Crippen LogP contribution in [0.4, 0.5) is 31.1 Å². The van der Waals surface area contributed by atoms with Crippen LogP contribution in [0.15, 0.2) is 18.2 Å². The van der Waals surface area contributed by atoms with Crippen molar-refractivity contribution in [1.82, 2.24) is 10.4 Å². The number of hydrogen-bond acceptors (Lipinski definition) is 2. The highest BCUT2D eigenvalue weighted by Crippen LogP contribution is 2.48. The number of nitrogens with two attached hydrogens (primary N) is 1. The first-order valence-electron chi connectivity index (χ1n) is 6.68. The second kappa shape index (κ2) is 7.39. The molecule has 0 spiro atoms. The Labute approximate surface area is 153 Å². The maximum atomic E-state index is 13.3. The zero-order chi connectivity index (χ0) is 20.5. The molecule has 0 atom stereocenters. The summed E-state index contributed by atoms with van der Waals surface area (Å²) in [7, 11) is 0. The standard InChI is InChI=1S/C13H11Cl2F6N3O2/c1-2-11(12(16,17)18,13(19,20)21)24(10(22)26)23-9(25)6-3-4-7(14)8(15)5-6/h3-5H,2H2,1H3,(H2,22,26)(H,23,25). The van der Waals surface area contributed by atoms with Crippen LogP contribution >= 0.6 is 23.2 Å². The van der Waals surface area contributed by atoms with Gasteiger partial charge in [-0.15, -0.1) is 0 Å². The number of carbonyl (C=O) groups is 2. The highest BCUT2D eigenvalue weighted by atomic mass is 35.5. The SMILES string of the molecule is CCC(N(NC(=O)c1ccc(Cl)c(Cl)c1)C(N)=O)(C(F)(F)F)C(F)(F)F. The second-order valence-corrected chi connectivity index (χ2v) is 5.77. The van der Waals surface area contributed by atoms with E-state index in [1.807, 2.05) is 0 Å². The molecular formula is C13H11Cl2F6N3O2. The lowest BCUT2D eigenvalue weighted by Crippen LogP contribution is -2.73. The van der Waals surface area contributed by atoms with Gasteiger partial charge in [0.2, 0.25) is 0 Å². The van der Waals surface area contributed by atoms with E-state index in [4.69, 9.17) is 28.9 Å². The summed E-state index contributed by atoms with van der Waals surface area (Å²) in [4.78, 5) is 23.4. The van der Waals surface area contributed by atoms with Crippen LogP contribution in [0, 0.1) is 0 Å². The molecule has 0 aliphatic heterocycles. The van der Waals surface area contributed by atoms with Crippen molar-refractivity contribution in [3.05, 3.63) is 33.8 Å². The summed E-state index contributed by atoms with van der Waals surface area (Å²) in [5.74, 6) is -1.48. The van der Waals surface area contributed by atoms with Crippen LogP contribution in [0.2, 0.25) is 10.0 Å². The molecule has 0 aliphatic rings. The molecule has 1 aromatic rings. The fraction of sp³-hybridized carbons (Fsp3) is 0.385. The van der Waals surface area contributed by atoms with Crippen molar-refractivity contribution in [3.8, 4) is 0 Å². The molecule has 13 heteroatoms. The maximum absolute atomic E-state index is 13.3. The number of nitrogens with zero attached hydrogens (tertiary/aromatic N) is 1. The number of amides is 3. The Morgan fingerprint density at radius 1 is 1.08 bits per heavy atom. The van der Waals surface area contributed by atoms with Crippen molar-refractivity contribution in [2.75, 3.05) is 0 Å². The average molecular weight is 426 g/mol. The Kier molecular flexibility index (Phi) is 6.30. The van der Waals surface area contributed by atoms with Gasteiger partial charge in [-0.2, -0.15) is 26.3 Å². The maximum Gasteiger partial charge on any atom is 0.422 e. The highest BCUT2D eigenvalue weighted by Gasteiger charge is 2.74. The Morgan fingerprint density at radius 3 is 1.92 bits per heavy atom. The highest BCUT2D eigenvalue weighted by molar-refractivity contribution is 6.42. The van der Waals surface area contributed by atoms with E-state index in [1.165, 1.54) is 5.43 Å². The van der Waals surface area contributed by atoms with Gasteiger partial charge in [-0.25, -0.2) is 9.80 Å². The van der Waals surface area contributed by atoms with E-state index in [0.29, 0.717) is 6.92 Å². The first-order valence-corrected chi connectivity index (χ1v) is 7.43. The molecule has 3 amide bonds. The Morgan fingerprint density at radius 2 is 1.58 bits per heavy atom. The molecule has 0 radical (unpaired) electrons. The van der Waals surface area contributed by atoms with Crippen molar-refractivity contribution in [2.24, 2.45) is 5.73 Å². The number of carbonyl (C=O) groups excluding carboxylic acids is 2. The van der Waals surface area contributed by atoms with Crippen LogP contribution in [0.1, 0.15) is 23.7 Å². The lowest BCUT2D eigenvalue weighted by atomic mass is 9.93. The third kappa shape index (κ3) is 3.93. The van der Waals surface area contributed by atoms with Crippen LogP contribution < -0.4 is 11.2 Å². The minimum absolute atomic E-state index is 0.0107. The summed E-state index contributed by atoms with van der Waals surface area (Å²) in [6, 6.07) is 0.813. The van der Waals surface area contributed by atoms with Gasteiger partial charge in [0, 0.05) is 5.56 Å². The van der Waals surface area contributed by atoms with Gasteiger partial charge in [0.05, 0.1) is 10.0 Å². The van der Waals surface area contributed by atoms with Crippen LogP contribution in [0.5, 0.6) is 0 Å². The molecular weight excluding hydrogens is 415 g/mol. The molecule has 0 fully saturated rings. The summed E-state index contributed by atoms with van der Waals surface area (Å²) in [6.45, 7) is 0.544. The van der Waals surface area contributed by atoms with E-state index < -0.39 is 46.8 Å². The molecule has 0 aromatic heterocycles. The third-order valence-corrected chi connectivity index (χ3v) is 4.19. The Balaban J connectivity index is 3.42. The lowest BCUT2D eigenvalue weighted by molar-refractivity contribution is -0.337. The van der Waals surface area contributed by atoms with Crippen molar-refractivity contribution in [2.45, 2.75) is 31.2 Å². The summed E-state index contributed by atoms with van der Waals surface area (Å²) in [5.41, 5.74) is 0.791. The fourth-order valence-electron chi connectivity index (χ4n) is 2.12. The quantitative estimate of drug-likeness (QED) is 0.559. The average Bonchev–Trinajstić information content (AvgIpc) is 2.46. The summed E-state index contributed by atoms with van der Waals surface area (Å²) >= 11 is 11.3. The van der Waals surface area contributed by atoms with Gasteiger partial charge in [0.25, 0.3) is 11.4 Å². The fourth-order valence-corrected chi connectivity index (χ4v) is 2.41. The lowest BCUT2D eigenvalue weighted by Gasteiger charge is -2.43. The van der Waals surface area contributed by atoms with Crippen molar-refractivity contribution in [1.29, 1.82) is 0 Å². The van der Waals surface area contributed by atoms with Gasteiger partial charge in [-0.1, -0.05) is 30.1 Å². The predicted molar refractivity (Wildman–Crippen MR) is 80.5 cm³/mol. The van der Waals surface area contributed by atoms with Gasteiger partial charge in [-0.05, 0) is 24.6 Å². The molecule has 5 nitrogen and oxygen atoms in total. The molecule has 26 heavy (non-hydrogen) atoms. The normalized spacial score (nSPS) is 12.7. The zero-order valence-corrected chi connectivity index (χ0v) is 14.3. The zero-order valence-electron chi connectivity index (χ0n) is 12.8. The number of nitrogens with one attached hydrogen (secondary N) is 1. The number of alkyl halides is 6. The van der Waals surface area contributed by atoms with Crippen LogP contribution in [-0.4, -0.2) is 34.8 Å². The monoisotopic (exact) mass is 425 g/mol. The minimum Gasteiger partial charge on any atom is -0.350 e. The van der Waals surface area contributed by atoms with E-state index >= 15 is 0 Å². The van der Waals surface area contributed by atoms with Gasteiger partial charge in [0.1, 0.15) is 0 Å². The molecule has 0 unspecified atom stereocenters. The van der Waals surface area contributed by atoms with E-state index in [1.54, 1.807) is 0 Å². The first kappa shape index (κ1) is 22.2. The number of hydrogen-bond donors (Lipinski definition) is 2. The van der Waals surface area contributed by atoms with Crippen molar-refractivity contribution in [3.63, 3.8) is 0 Å². The molecule has 3 N–H and O–H groups in total. The number of primary amides is 1. The second-order valence-electron chi connectivity index (χ2n) is 4.95. The Hall–Kier alpha value is -1.88. The van der Waals surface area contributed by atoms with Crippen molar-refractivity contribution >= 4 is 35.1 Å². The van der Waals surface area contributed by atoms with Crippen LogP contribution in [-0.2, 0) is 0 Å². The third-order valence-electron chi connectivity index (χ3n) is 3.45.